The molecule has 0 unspecified atom stereocenters. The van der Waals surface area contributed by atoms with Gasteiger partial charge in [-0.15, -0.1) is 11.3 Å². The Morgan fingerprint density at radius 3 is 2.71 bits per heavy atom. The first-order valence-corrected chi connectivity index (χ1v) is 7.53. The molecule has 0 aliphatic rings. The fourth-order valence-corrected chi connectivity index (χ4v) is 3.01. The third kappa shape index (κ3) is 3.14. The average Bonchev–Trinajstić information content (AvgIpc) is 2.64. The van der Waals surface area contributed by atoms with E-state index in [1.54, 1.807) is 13.8 Å². The Morgan fingerprint density at radius 1 is 1.43 bits per heavy atom. The van der Waals surface area contributed by atoms with Crippen molar-refractivity contribution in [1.29, 1.82) is 0 Å². The van der Waals surface area contributed by atoms with E-state index in [4.69, 9.17) is 5.73 Å². The summed E-state index contributed by atoms with van der Waals surface area (Å²) in [6.45, 7) is 8.26. The van der Waals surface area contributed by atoms with Crippen LogP contribution in [0.2, 0.25) is 0 Å². The Kier molecular flexibility index (Phi) is 4.15. The average molecular weight is 308 g/mol. The van der Waals surface area contributed by atoms with Crippen molar-refractivity contribution in [2.45, 2.75) is 34.2 Å². The predicted molar refractivity (Wildman–Crippen MR) is 84.4 cm³/mol. The number of carbonyl (C=O) groups is 1. The molecule has 0 saturated heterocycles. The summed E-state index contributed by atoms with van der Waals surface area (Å²) in [7, 11) is 0. The summed E-state index contributed by atoms with van der Waals surface area (Å²) < 4.78 is 0. The molecule has 2 rings (SSSR count). The molecule has 21 heavy (non-hydrogen) atoms. The minimum atomic E-state index is -0.638. The molecule has 114 valence electrons. The molecule has 7 heteroatoms. The number of aromatic nitrogens is 2. The number of primary amides is 1. The maximum absolute atomic E-state index is 12.1. The molecule has 2 aromatic rings. The number of nitrogens with one attached hydrogen (secondary N) is 2. The van der Waals surface area contributed by atoms with E-state index in [9.17, 15) is 9.59 Å². The second kappa shape index (κ2) is 5.57. The topological polar surface area (TPSA) is 101 Å². The molecule has 1 amide bonds. The lowest BCUT2D eigenvalue weighted by atomic mass is 9.93. The maximum atomic E-state index is 12.1. The first kappa shape index (κ1) is 15.7. The highest BCUT2D eigenvalue weighted by molar-refractivity contribution is 7.18. The van der Waals surface area contributed by atoms with E-state index in [0.717, 1.165) is 15.3 Å². The zero-order chi connectivity index (χ0) is 15.8. The minimum absolute atomic E-state index is 0.118. The van der Waals surface area contributed by atoms with Crippen molar-refractivity contribution in [3.8, 4) is 0 Å². The van der Waals surface area contributed by atoms with Gasteiger partial charge in [-0.2, -0.15) is 0 Å². The Labute approximate surface area is 126 Å². The van der Waals surface area contributed by atoms with Crippen molar-refractivity contribution >= 4 is 27.5 Å². The number of amides is 1. The second-order valence-electron chi connectivity index (χ2n) is 5.83. The molecular formula is C14H20N4O2S. The first-order chi connectivity index (χ1) is 9.72. The number of aromatic amines is 1. The molecule has 6 nitrogen and oxygen atoms in total. The fraction of sp³-hybridized carbons (Fsp3) is 0.500. The number of hydrogen-bond acceptors (Lipinski definition) is 5. The molecule has 0 radical (unpaired) electrons. The van der Waals surface area contributed by atoms with Crippen LogP contribution in [0.15, 0.2) is 4.79 Å². The van der Waals surface area contributed by atoms with E-state index in [0.29, 0.717) is 24.3 Å². The smallest absolute Gasteiger partial charge is 0.259 e. The van der Waals surface area contributed by atoms with Crippen LogP contribution in [-0.2, 0) is 11.3 Å². The lowest BCUT2D eigenvalue weighted by molar-refractivity contribution is -0.125. The number of fused-ring (bicyclic) bond motifs is 1. The van der Waals surface area contributed by atoms with E-state index in [-0.39, 0.29) is 11.5 Å². The molecule has 2 heterocycles. The van der Waals surface area contributed by atoms with Crippen LogP contribution in [0, 0.1) is 19.3 Å². The summed E-state index contributed by atoms with van der Waals surface area (Å²) in [5, 5.41) is 3.77. The Bertz CT molecular complexity index is 745. The predicted octanol–water partition coefficient (Wildman–Crippen LogP) is 1.20. The Hall–Kier alpha value is -1.73. The second-order valence-corrected chi connectivity index (χ2v) is 7.03. The van der Waals surface area contributed by atoms with Crippen LogP contribution in [0.1, 0.15) is 30.1 Å². The number of rotatable bonds is 5. The van der Waals surface area contributed by atoms with Crippen LogP contribution in [0.3, 0.4) is 0 Å². The van der Waals surface area contributed by atoms with E-state index < -0.39 is 5.41 Å². The molecular weight excluding hydrogens is 288 g/mol. The summed E-state index contributed by atoms with van der Waals surface area (Å²) in [6, 6.07) is 0. The molecule has 0 saturated carbocycles. The molecule has 2 aromatic heterocycles. The van der Waals surface area contributed by atoms with Gasteiger partial charge in [0.05, 0.1) is 17.3 Å². The van der Waals surface area contributed by atoms with Gasteiger partial charge in [-0.05, 0) is 33.3 Å². The molecule has 0 aliphatic heterocycles. The number of nitrogens with zero attached hydrogens (tertiary/aromatic N) is 1. The Morgan fingerprint density at radius 2 is 2.10 bits per heavy atom. The standard InChI is InChI=1S/C14H20N4O2S/c1-7-8(2)21-12-10(7)11(19)17-9(18-12)5-16-6-14(3,4)13(15)20/h16H,5-6H2,1-4H3,(H2,15,20)(H,17,18,19). The minimum Gasteiger partial charge on any atom is -0.369 e. The third-order valence-corrected chi connectivity index (χ3v) is 4.72. The molecule has 0 aromatic carbocycles. The highest BCUT2D eigenvalue weighted by atomic mass is 32.1. The van der Waals surface area contributed by atoms with Gasteiger partial charge in [0.2, 0.25) is 5.91 Å². The van der Waals surface area contributed by atoms with Crippen LogP contribution in [-0.4, -0.2) is 22.4 Å². The largest absolute Gasteiger partial charge is 0.369 e. The first-order valence-electron chi connectivity index (χ1n) is 6.72. The summed E-state index contributed by atoms with van der Waals surface area (Å²) in [5.74, 6) is 0.199. The Balaban J connectivity index is 2.17. The van der Waals surface area contributed by atoms with E-state index in [1.165, 1.54) is 11.3 Å². The fourth-order valence-electron chi connectivity index (χ4n) is 1.96. The van der Waals surface area contributed by atoms with Gasteiger partial charge in [-0.25, -0.2) is 4.98 Å². The van der Waals surface area contributed by atoms with Crippen LogP contribution >= 0.6 is 11.3 Å². The van der Waals surface area contributed by atoms with E-state index in [2.05, 4.69) is 15.3 Å². The van der Waals surface area contributed by atoms with Gasteiger partial charge in [0.15, 0.2) is 0 Å². The zero-order valence-corrected chi connectivity index (χ0v) is 13.5. The summed E-state index contributed by atoms with van der Waals surface area (Å²) in [6.07, 6.45) is 0. The van der Waals surface area contributed by atoms with Crippen LogP contribution < -0.4 is 16.6 Å². The van der Waals surface area contributed by atoms with Gasteiger partial charge < -0.3 is 16.0 Å². The molecule has 4 N–H and O–H groups in total. The van der Waals surface area contributed by atoms with Gasteiger partial charge in [0.1, 0.15) is 10.7 Å². The normalized spacial score (nSPS) is 12.0. The third-order valence-electron chi connectivity index (χ3n) is 3.61. The summed E-state index contributed by atoms with van der Waals surface area (Å²) in [5.41, 5.74) is 5.55. The quantitative estimate of drug-likeness (QED) is 0.772. The van der Waals surface area contributed by atoms with Crippen molar-refractivity contribution < 1.29 is 4.79 Å². The van der Waals surface area contributed by atoms with Crippen molar-refractivity contribution in [2.75, 3.05) is 6.54 Å². The number of carbonyl (C=O) groups excluding carboxylic acids is 1. The number of aryl methyl sites for hydroxylation is 2. The van der Waals surface area contributed by atoms with E-state index in [1.807, 2.05) is 13.8 Å². The van der Waals surface area contributed by atoms with Gasteiger partial charge in [0.25, 0.3) is 5.56 Å². The van der Waals surface area contributed by atoms with Crippen molar-refractivity contribution in [1.82, 2.24) is 15.3 Å². The highest BCUT2D eigenvalue weighted by Gasteiger charge is 2.24. The molecule has 0 spiro atoms. The number of hydrogen-bond donors (Lipinski definition) is 3. The van der Waals surface area contributed by atoms with Crippen molar-refractivity contribution in [2.24, 2.45) is 11.1 Å². The number of thiophene rings is 1. The number of H-pyrrole nitrogens is 1. The highest BCUT2D eigenvalue weighted by Crippen LogP contribution is 2.25. The SMILES string of the molecule is Cc1sc2nc(CNCC(C)(C)C(N)=O)[nH]c(=O)c2c1C. The summed E-state index contributed by atoms with van der Waals surface area (Å²) >= 11 is 1.52. The van der Waals surface area contributed by atoms with Crippen LogP contribution in [0.25, 0.3) is 10.2 Å². The lowest BCUT2D eigenvalue weighted by Gasteiger charge is -2.20. The van der Waals surface area contributed by atoms with Crippen molar-refractivity contribution in [3.05, 3.63) is 26.6 Å². The molecule has 0 aliphatic carbocycles. The van der Waals surface area contributed by atoms with Gasteiger partial charge >= 0.3 is 0 Å². The molecule has 0 fully saturated rings. The van der Waals surface area contributed by atoms with Gasteiger partial charge in [0, 0.05) is 11.4 Å². The van der Waals surface area contributed by atoms with Crippen LogP contribution in [0.5, 0.6) is 0 Å². The zero-order valence-electron chi connectivity index (χ0n) is 12.7. The van der Waals surface area contributed by atoms with E-state index >= 15 is 0 Å². The van der Waals surface area contributed by atoms with Crippen molar-refractivity contribution in [3.63, 3.8) is 0 Å². The molecule has 0 bridgehead atoms. The monoisotopic (exact) mass is 308 g/mol. The number of nitrogens with two attached hydrogens (primary N) is 1. The van der Waals surface area contributed by atoms with Gasteiger partial charge in [-0.3, -0.25) is 9.59 Å². The summed E-state index contributed by atoms with van der Waals surface area (Å²) in [4.78, 5) is 32.5. The maximum Gasteiger partial charge on any atom is 0.259 e. The van der Waals surface area contributed by atoms with Crippen LogP contribution in [0.4, 0.5) is 0 Å². The lowest BCUT2D eigenvalue weighted by Crippen LogP contribution is -2.40. The van der Waals surface area contributed by atoms with Gasteiger partial charge in [-0.1, -0.05) is 0 Å². The molecule has 0 atom stereocenters.